The van der Waals surface area contributed by atoms with Gasteiger partial charge in [0.15, 0.2) is 0 Å². The van der Waals surface area contributed by atoms with Crippen LogP contribution in [-0.4, -0.2) is 14.7 Å². The molecule has 1 heterocycles. The van der Waals surface area contributed by atoms with Gasteiger partial charge in [-0.1, -0.05) is 29.8 Å². The van der Waals surface area contributed by atoms with Crippen molar-refractivity contribution >= 4 is 0 Å². The van der Waals surface area contributed by atoms with Crippen LogP contribution in [0.25, 0.3) is 11.3 Å². The Morgan fingerprint density at radius 3 is 2.28 bits per heavy atom. The van der Waals surface area contributed by atoms with Crippen LogP contribution in [0.4, 0.5) is 0 Å². The number of rotatable bonds is 3. The number of benzene rings is 1. The highest BCUT2D eigenvalue weighted by Crippen LogP contribution is 2.25. The first-order valence-electron chi connectivity index (χ1n) is 6.29. The van der Waals surface area contributed by atoms with Crippen molar-refractivity contribution in [2.24, 2.45) is 0 Å². The van der Waals surface area contributed by atoms with E-state index in [1.165, 1.54) is 5.56 Å². The lowest BCUT2D eigenvalue weighted by Crippen LogP contribution is -2.21. The van der Waals surface area contributed by atoms with E-state index >= 15 is 0 Å². The maximum absolute atomic E-state index is 10.1. The van der Waals surface area contributed by atoms with E-state index in [2.05, 4.69) is 43.1 Å². The summed E-state index contributed by atoms with van der Waals surface area (Å²) in [7, 11) is 0. The molecule has 0 bridgehead atoms. The topological polar surface area (TPSA) is 38.0 Å². The van der Waals surface area contributed by atoms with Gasteiger partial charge in [0.05, 0.1) is 5.69 Å². The molecular weight excluding hydrogens is 224 g/mol. The van der Waals surface area contributed by atoms with Crippen LogP contribution in [0, 0.1) is 6.92 Å². The van der Waals surface area contributed by atoms with Crippen LogP contribution in [0.1, 0.15) is 32.2 Å². The van der Waals surface area contributed by atoms with Crippen LogP contribution >= 0.6 is 0 Å². The average molecular weight is 244 g/mol. The van der Waals surface area contributed by atoms with E-state index in [0.29, 0.717) is 5.82 Å². The minimum Gasteiger partial charge on any atom is -0.383 e. The van der Waals surface area contributed by atoms with Crippen LogP contribution < -0.4 is 0 Å². The fraction of sp³-hybridized carbons (Fsp3) is 0.400. The Kier molecular flexibility index (Phi) is 3.26. The molecule has 1 aromatic heterocycles. The van der Waals surface area contributed by atoms with Crippen molar-refractivity contribution in [3.63, 3.8) is 0 Å². The summed E-state index contributed by atoms with van der Waals surface area (Å²) in [5.41, 5.74) is 2.31. The first-order valence-corrected chi connectivity index (χ1v) is 6.29. The molecule has 0 saturated carbocycles. The third-order valence-electron chi connectivity index (χ3n) is 3.01. The Hall–Kier alpha value is -1.61. The largest absolute Gasteiger partial charge is 0.383 e. The van der Waals surface area contributed by atoms with Crippen LogP contribution in [0.2, 0.25) is 0 Å². The van der Waals surface area contributed by atoms with E-state index in [1.807, 2.05) is 10.8 Å². The molecule has 0 saturated heterocycles. The first kappa shape index (κ1) is 12.8. The van der Waals surface area contributed by atoms with E-state index in [-0.39, 0.29) is 0 Å². The van der Waals surface area contributed by atoms with Gasteiger partial charge in [-0.3, -0.25) is 0 Å². The maximum atomic E-state index is 10.1. The van der Waals surface area contributed by atoms with Gasteiger partial charge in [-0.05, 0) is 27.7 Å². The summed E-state index contributed by atoms with van der Waals surface area (Å²) in [6.07, 6.45) is 2.00. The minimum absolute atomic E-state index is 0.709. The molecule has 0 spiro atoms. The van der Waals surface area contributed by atoms with E-state index in [1.54, 1.807) is 13.8 Å². The standard InChI is InChI=1S/C15H20N2O/c1-5-17-10-13(16-14(17)15(3,4)18)12-8-6-11(2)7-9-12/h6-10,18H,5H2,1-4H3. The van der Waals surface area contributed by atoms with Crippen molar-refractivity contribution in [2.75, 3.05) is 0 Å². The fourth-order valence-corrected chi connectivity index (χ4v) is 2.01. The molecule has 0 amide bonds. The van der Waals surface area contributed by atoms with E-state index in [9.17, 15) is 5.11 Å². The molecule has 2 rings (SSSR count). The normalized spacial score (nSPS) is 11.8. The highest BCUT2D eigenvalue weighted by atomic mass is 16.3. The molecule has 96 valence electrons. The fourth-order valence-electron chi connectivity index (χ4n) is 2.01. The number of hydrogen-bond donors (Lipinski definition) is 1. The zero-order valence-corrected chi connectivity index (χ0v) is 11.4. The van der Waals surface area contributed by atoms with Gasteiger partial charge in [-0.25, -0.2) is 4.98 Å². The van der Waals surface area contributed by atoms with Gasteiger partial charge < -0.3 is 9.67 Å². The second-order valence-electron chi connectivity index (χ2n) is 5.16. The minimum atomic E-state index is -0.918. The lowest BCUT2D eigenvalue weighted by molar-refractivity contribution is 0.0650. The number of imidazole rings is 1. The molecule has 0 aliphatic rings. The quantitative estimate of drug-likeness (QED) is 0.901. The van der Waals surface area contributed by atoms with E-state index in [0.717, 1.165) is 17.8 Å². The van der Waals surface area contributed by atoms with Crippen LogP contribution in [0.5, 0.6) is 0 Å². The number of aliphatic hydroxyl groups is 1. The van der Waals surface area contributed by atoms with Crippen LogP contribution in [-0.2, 0) is 12.1 Å². The molecule has 0 unspecified atom stereocenters. The van der Waals surface area contributed by atoms with Crippen molar-refractivity contribution in [1.82, 2.24) is 9.55 Å². The average Bonchev–Trinajstić information content (AvgIpc) is 2.73. The molecule has 18 heavy (non-hydrogen) atoms. The Bertz CT molecular complexity index is 533. The Labute approximate surface area is 108 Å². The molecule has 0 aliphatic heterocycles. The molecule has 0 atom stereocenters. The van der Waals surface area contributed by atoms with E-state index < -0.39 is 5.60 Å². The molecule has 0 aliphatic carbocycles. The van der Waals surface area contributed by atoms with Crippen molar-refractivity contribution in [1.29, 1.82) is 0 Å². The van der Waals surface area contributed by atoms with Crippen molar-refractivity contribution < 1.29 is 5.11 Å². The predicted molar refractivity (Wildman–Crippen MR) is 73.3 cm³/mol. The van der Waals surface area contributed by atoms with Gasteiger partial charge in [0.2, 0.25) is 0 Å². The first-order chi connectivity index (χ1) is 8.41. The monoisotopic (exact) mass is 244 g/mol. The summed E-state index contributed by atoms with van der Waals surface area (Å²) in [6, 6.07) is 8.27. The zero-order chi connectivity index (χ0) is 13.3. The Morgan fingerprint density at radius 2 is 1.83 bits per heavy atom. The zero-order valence-electron chi connectivity index (χ0n) is 11.4. The summed E-state index contributed by atoms with van der Waals surface area (Å²) in [5, 5.41) is 10.1. The Balaban J connectivity index is 2.47. The SMILES string of the molecule is CCn1cc(-c2ccc(C)cc2)nc1C(C)(C)O. The second-order valence-corrected chi connectivity index (χ2v) is 5.16. The summed E-state index contributed by atoms with van der Waals surface area (Å²) in [4.78, 5) is 4.57. The lowest BCUT2D eigenvalue weighted by Gasteiger charge is -2.17. The molecule has 2 aromatic rings. The van der Waals surface area contributed by atoms with Gasteiger partial charge in [-0.15, -0.1) is 0 Å². The summed E-state index contributed by atoms with van der Waals surface area (Å²) in [6.45, 7) is 8.45. The molecule has 0 radical (unpaired) electrons. The lowest BCUT2D eigenvalue weighted by atomic mass is 10.1. The third-order valence-corrected chi connectivity index (χ3v) is 3.01. The van der Waals surface area contributed by atoms with Crippen LogP contribution in [0.3, 0.4) is 0 Å². The van der Waals surface area contributed by atoms with Gasteiger partial charge in [-0.2, -0.15) is 0 Å². The van der Waals surface area contributed by atoms with Gasteiger partial charge in [0.25, 0.3) is 0 Å². The van der Waals surface area contributed by atoms with Crippen molar-refractivity contribution in [3.8, 4) is 11.3 Å². The highest BCUT2D eigenvalue weighted by molar-refractivity contribution is 5.59. The van der Waals surface area contributed by atoms with E-state index in [4.69, 9.17) is 0 Å². The van der Waals surface area contributed by atoms with Crippen molar-refractivity contribution in [2.45, 2.75) is 39.8 Å². The number of aryl methyl sites for hydroxylation is 2. The summed E-state index contributed by atoms with van der Waals surface area (Å²) < 4.78 is 2.00. The Morgan fingerprint density at radius 1 is 1.22 bits per heavy atom. The molecule has 3 nitrogen and oxygen atoms in total. The maximum Gasteiger partial charge on any atom is 0.140 e. The number of nitrogens with zero attached hydrogens (tertiary/aromatic N) is 2. The predicted octanol–water partition coefficient (Wildman–Crippen LogP) is 3.11. The van der Waals surface area contributed by atoms with Gasteiger partial charge in [0.1, 0.15) is 11.4 Å². The van der Waals surface area contributed by atoms with Gasteiger partial charge >= 0.3 is 0 Å². The second kappa shape index (κ2) is 4.58. The highest BCUT2D eigenvalue weighted by Gasteiger charge is 2.23. The smallest absolute Gasteiger partial charge is 0.140 e. The summed E-state index contributed by atoms with van der Waals surface area (Å²) in [5.74, 6) is 0.709. The number of aromatic nitrogens is 2. The number of hydrogen-bond acceptors (Lipinski definition) is 2. The molecule has 1 N–H and O–H groups in total. The molecular formula is C15H20N2O. The third kappa shape index (κ3) is 2.46. The molecule has 0 fully saturated rings. The van der Waals surface area contributed by atoms with Gasteiger partial charge in [0, 0.05) is 18.3 Å². The molecule has 3 heteroatoms. The van der Waals surface area contributed by atoms with Crippen LogP contribution in [0.15, 0.2) is 30.5 Å². The van der Waals surface area contributed by atoms with Crippen molar-refractivity contribution in [3.05, 3.63) is 41.9 Å². The molecule has 1 aromatic carbocycles. The summed E-state index contributed by atoms with van der Waals surface area (Å²) >= 11 is 0.